The number of aromatic nitrogens is 4. The van der Waals surface area contributed by atoms with E-state index in [1.807, 2.05) is 42.2 Å². The Hall–Kier alpha value is -2.23. The minimum atomic E-state index is 0.872. The lowest BCUT2D eigenvalue weighted by atomic mass is 10.2. The van der Waals surface area contributed by atoms with Crippen molar-refractivity contribution < 1.29 is 0 Å². The van der Waals surface area contributed by atoms with Gasteiger partial charge in [0.2, 0.25) is 0 Å². The summed E-state index contributed by atoms with van der Waals surface area (Å²) in [4.78, 5) is 8.41. The van der Waals surface area contributed by atoms with Crippen LogP contribution in [0.4, 0.5) is 0 Å². The summed E-state index contributed by atoms with van der Waals surface area (Å²) in [6.45, 7) is 2.01. The molecule has 3 rings (SSSR count). The molecule has 0 bridgehead atoms. The fraction of sp³-hybridized carbons (Fsp3) is 0.0833. The first-order chi connectivity index (χ1) is 7.86. The lowest BCUT2D eigenvalue weighted by Crippen LogP contribution is -2.00. The van der Waals surface area contributed by atoms with Crippen molar-refractivity contribution in [1.82, 2.24) is 19.7 Å². The minimum absolute atomic E-state index is 0.872. The van der Waals surface area contributed by atoms with Crippen molar-refractivity contribution >= 4 is 11.0 Å². The van der Waals surface area contributed by atoms with Crippen molar-refractivity contribution in [2.45, 2.75) is 6.92 Å². The molecule has 3 aromatic heterocycles. The van der Waals surface area contributed by atoms with E-state index in [4.69, 9.17) is 0 Å². The zero-order valence-electron chi connectivity index (χ0n) is 8.83. The fourth-order valence-electron chi connectivity index (χ4n) is 1.74. The molecule has 3 aromatic rings. The van der Waals surface area contributed by atoms with Crippen LogP contribution in [-0.2, 0) is 0 Å². The maximum Gasteiger partial charge on any atom is 0.162 e. The first kappa shape index (κ1) is 9.03. The molecule has 0 spiro atoms. The van der Waals surface area contributed by atoms with Crippen LogP contribution in [0.25, 0.3) is 16.7 Å². The highest BCUT2D eigenvalue weighted by molar-refractivity contribution is 5.76. The number of nitrogens with zero attached hydrogens (tertiary/aromatic N) is 4. The van der Waals surface area contributed by atoms with Gasteiger partial charge in [0.15, 0.2) is 5.65 Å². The second kappa shape index (κ2) is 3.41. The molecule has 0 saturated heterocycles. The number of hydrogen-bond acceptors (Lipinski definition) is 3. The predicted octanol–water partition coefficient (Wildman–Crippen LogP) is 2.12. The summed E-state index contributed by atoms with van der Waals surface area (Å²) >= 11 is 0. The maximum atomic E-state index is 4.35. The number of aryl methyl sites for hydroxylation is 1. The lowest BCUT2D eigenvalue weighted by Gasteiger charge is -2.05. The lowest BCUT2D eigenvalue weighted by molar-refractivity contribution is 0.885. The third-order valence-electron chi connectivity index (χ3n) is 2.55. The van der Waals surface area contributed by atoms with Gasteiger partial charge in [0.25, 0.3) is 0 Å². The summed E-state index contributed by atoms with van der Waals surface area (Å²) in [6, 6.07) is 5.85. The summed E-state index contributed by atoms with van der Waals surface area (Å²) < 4.78 is 1.84. The summed E-state index contributed by atoms with van der Waals surface area (Å²) in [7, 11) is 0. The van der Waals surface area contributed by atoms with E-state index in [1.165, 1.54) is 0 Å². The Morgan fingerprint density at radius 2 is 2.06 bits per heavy atom. The van der Waals surface area contributed by atoms with Crippen LogP contribution in [-0.4, -0.2) is 19.7 Å². The van der Waals surface area contributed by atoms with Crippen molar-refractivity contribution in [3.8, 4) is 5.69 Å². The van der Waals surface area contributed by atoms with Crippen LogP contribution in [0.2, 0.25) is 0 Å². The Bertz CT molecular complexity index is 642. The SMILES string of the molecule is Cc1cnccc1-n1ncc2cccnc21. The van der Waals surface area contributed by atoms with E-state index in [1.54, 1.807) is 12.4 Å². The molecule has 0 aliphatic heterocycles. The van der Waals surface area contributed by atoms with Gasteiger partial charge in [-0.25, -0.2) is 9.67 Å². The normalized spacial score (nSPS) is 10.8. The molecule has 0 aliphatic carbocycles. The van der Waals surface area contributed by atoms with Gasteiger partial charge in [-0.2, -0.15) is 5.10 Å². The largest absolute Gasteiger partial charge is 0.264 e. The van der Waals surface area contributed by atoms with Crippen LogP contribution in [0.15, 0.2) is 43.0 Å². The molecule has 0 radical (unpaired) electrons. The first-order valence-corrected chi connectivity index (χ1v) is 5.06. The minimum Gasteiger partial charge on any atom is -0.264 e. The van der Waals surface area contributed by atoms with Crippen LogP contribution in [0, 0.1) is 6.92 Å². The van der Waals surface area contributed by atoms with Crippen molar-refractivity contribution in [2.75, 3.05) is 0 Å². The zero-order valence-corrected chi connectivity index (χ0v) is 8.83. The molecule has 0 N–H and O–H groups in total. The van der Waals surface area contributed by atoms with E-state index in [0.29, 0.717) is 0 Å². The third kappa shape index (κ3) is 1.27. The number of hydrogen-bond donors (Lipinski definition) is 0. The van der Waals surface area contributed by atoms with E-state index >= 15 is 0 Å². The van der Waals surface area contributed by atoms with Crippen molar-refractivity contribution in [3.05, 3.63) is 48.5 Å². The molecular weight excluding hydrogens is 200 g/mol. The first-order valence-electron chi connectivity index (χ1n) is 5.06. The fourth-order valence-corrected chi connectivity index (χ4v) is 1.74. The van der Waals surface area contributed by atoms with Gasteiger partial charge in [-0.1, -0.05) is 0 Å². The van der Waals surface area contributed by atoms with Gasteiger partial charge < -0.3 is 0 Å². The number of rotatable bonds is 1. The average Bonchev–Trinajstić information content (AvgIpc) is 2.74. The van der Waals surface area contributed by atoms with Gasteiger partial charge in [-0.3, -0.25) is 4.98 Å². The standard InChI is InChI=1S/C12H10N4/c1-9-7-13-6-4-11(9)16-12-10(8-15-16)3-2-5-14-12/h2-8H,1H3. The molecule has 4 nitrogen and oxygen atoms in total. The van der Waals surface area contributed by atoms with E-state index < -0.39 is 0 Å². The van der Waals surface area contributed by atoms with Crippen molar-refractivity contribution in [2.24, 2.45) is 0 Å². The Morgan fingerprint density at radius 1 is 1.12 bits per heavy atom. The van der Waals surface area contributed by atoms with E-state index in [0.717, 1.165) is 22.3 Å². The molecule has 0 aliphatic rings. The van der Waals surface area contributed by atoms with Gasteiger partial charge in [0.05, 0.1) is 11.9 Å². The maximum absolute atomic E-state index is 4.35. The molecule has 16 heavy (non-hydrogen) atoms. The molecule has 3 heterocycles. The van der Waals surface area contributed by atoms with Crippen LogP contribution >= 0.6 is 0 Å². The Labute approximate surface area is 92.6 Å². The highest BCUT2D eigenvalue weighted by atomic mass is 15.3. The Kier molecular flexibility index (Phi) is 1.93. The molecule has 0 unspecified atom stereocenters. The highest BCUT2D eigenvalue weighted by Gasteiger charge is 2.06. The Balaban J connectivity index is 2.31. The van der Waals surface area contributed by atoms with Crippen LogP contribution in [0.5, 0.6) is 0 Å². The van der Waals surface area contributed by atoms with Crippen LogP contribution in [0.1, 0.15) is 5.56 Å². The molecule has 0 saturated carbocycles. The topological polar surface area (TPSA) is 43.6 Å². The monoisotopic (exact) mass is 210 g/mol. The summed E-state index contributed by atoms with van der Waals surface area (Å²) in [5, 5.41) is 5.39. The third-order valence-corrected chi connectivity index (χ3v) is 2.55. The highest BCUT2D eigenvalue weighted by Crippen LogP contribution is 2.17. The smallest absolute Gasteiger partial charge is 0.162 e. The van der Waals surface area contributed by atoms with Gasteiger partial charge in [0, 0.05) is 24.0 Å². The van der Waals surface area contributed by atoms with E-state index in [9.17, 15) is 0 Å². The van der Waals surface area contributed by atoms with Crippen LogP contribution < -0.4 is 0 Å². The van der Waals surface area contributed by atoms with Gasteiger partial charge in [-0.15, -0.1) is 0 Å². The zero-order chi connectivity index (χ0) is 11.0. The molecule has 78 valence electrons. The molecule has 4 heteroatoms. The Morgan fingerprint density at radius 3 is 2.94 bits per heavy atom. The van der Waals surface area contributed by atoms with Gasteiger partial charge in [-0.05, 0) is 30.7 Å². The summed E-state index contributed by atoms with van der Waals surface area (Å²) in [5.41, 5.74) is 2.97. The number of fused-ring (bicyclic) bond motifs is 1. The molecular formula is C12H10N4. The molecule has 0 atom stereocenters. The summed E-state index contributed by atoms with van der Waals surface area (Å²) in [5.74, 6) is 0. The number of pyridine rings is 2. The summed E-state index contributed by atoms with van der Waals surface area (Å²) in [6.07, 6.45) is 7.18. The average molecular weight is 210 g/mol. The van der Waals surface area contributed by atoms with Gasteiger partial charge >= 0.3 is 0 Å². The van der Waals surface area contributed by atoms with Gasteiger partial charge in [0.1, 0.15) is 0 Å². The quantitative estimate of drug-likeness (QED) is 0.618. The second-order valence-corrected chi connectivity index (χ2v) is 3.63. The second-order valence-electron chi connectivity index (χ2n) is 3.63. The van der Waals surface area contributed by atoms with Crippen LogP contribution in [0.3, 0.4) is 0 Å². The van der Waals surface area contributed by atoms with E-state index in [2.05, 4.69) is 15.1 Å². The predicted molar refractivity (Wildman–Crippen MR) is 61.4 cm³/mol. The van der Waals surface area contributed by atoms with Crippen molar-refractivity contribution in [1.29, 1.82) is 0 Å². The molecule has 0 fully saturated rings. The van der Waals surface area contributed by atoms with Crippen molar-refractivity contribution in [3.63, 3.8) is 0 Å². The molecule has 0 amide bonds. The van der Waals surface area contributed by atoms with E-state index in [-0.39, 0.29) is 0 Å². The molecule has 0 aromatic carbocycles.